The number of aryl methyl sites for hydroxylation is 1. The minimum absolute atomic E-state index is 0.249. The minimum atomic E-state index is -0.373. The Morgan fingerprint density at radius 2 is 1.69 bits per heavy atom. The molecule has 0 unspecified atom stereocenters. The first-order valence-electron chi connectivity index (χ1n) is 11.5. The number of fused-ring (bicyclic) bond motifs is 1. The fraction of sp³-hybridized carbons (Fsp3) is 0.107. The maximum absolute atomic E-state index is 13.5. The smallest absolute Gasteiger partial charge is 0.256 e. The van der Waals surface area contributed by atoms with Crippen LogP contribution in [0.15, 0.2) is 83.4 Å². The summed E-state index contributed by atoms with van der Waals surface area (Å²) in [6, 6.07) is 20.3. The van der Waals surface area contributed by atoms with Crippen LogP contribution in [0.1, 0.15) is 27.6 Å². The Morgan fingerprint density at radius 3 is 2.44 bits per heavy atom. The first-order valence-corrected chi connectivity index (χ1v) is 11.5. The van der Waals surface area contributed by atoms with Crippen LogP contribution in [0, 0.1) is 5.82 Å². The molecule has 3 aromatic carbocycles. The average molecular weight is 483 g/mol. The van der Waals surface area contributed by atoms with E-state index in [0.717, 1.165) is 11.1 Å². The van der Waals surface area contributed by atoms with Gasteiger partial charge in [0, 0.05) is 36.2 Å². The molecule has 36 heavy (non-hydrogen) atoms. The molecule has 8 heteroatoms. The Morgan fingerprint density at radius 1 is 0.944 bits per heavy atom. The SMILES string of the molecule is CCn1nccc1NC(=O)c1cccc(-c2ccc3oc(-c4ccc(F)cc4)c(C(=O)NC)c3c2)c1. The van der Waals surface area contributed by atoms with Crippen molar-refractivity contribution < 1.29 is 18.4 Å². The van der Waals surface area contributed by atoms with Crippen LogP contribution in [0.25, 0.3) is 33.4 Å². The van der Waals surface area contributed by atoms with Crippen molar-refractivity contribution in [2.75, 3.05) is 12.4 Å². The highest BCUT2D eigenvalue weighted by Crippen LogP contribution is 2.36. The summed E-state index contributed by atoms with van der Waals surface area (Å²) < 4.78 is 21.2. The highest BCUT2D eigenvalue weighted by atomic mass is 19.1. The lowest BCUT2D eigenvalue weighted by molar-refractivity contribution is 0.0963. The highest BCUT2D eigenvalue weighted by molar-refractivity contribution is 6.12. The highest BCUT2D eigenvalue weighted by Gasteiger charge is 2.22. The molecule has 7 nitrogen and oxygen atoms in total. The largest absolute Gasteiger partial charge is 0.455 e. The van der Waals surface area contributed by atoms with Gasteiger partial charge in [-0.2, -0.15) is 5.10 Å². The first kappa shape index (κ1) is 23.0. The lowest BCUT2D eigenvalue weighted by atomic mass is 9.99. The molecule has 0 fully saturated rings. The molecule has 0 radical (unpaired) electrons. The van der Waals surface area contributed by atoms with Gasteiger partial charge in [-0.15, -0.1) is 0 Å². The molecular formula is C28H23FN4O3. The second kappa shape index (κ2) is 9.50. The van der Waals surface area contributed by atoms with Crippen molar-refractivity contribution >= 4 is 28.6 Å². The van der Waals surface area contributed by atoms with E-state index in [1.807, 2.05) is 31.2 Å². The van der Waals surface area contributed by atoms with Crippen LogP contribution in [-0.2, 0) is 6.54 Å². The summed E-state index contributed by atoms with van der Waals surface area (Å²) >= 11 is 0. The molecule has 0 saturated heterocycles. The van der Waals surface area contributed by atoms with Gasteiger partial charge in [0.2, 0.25) is 0 Å². The van der Waals surface area contributed by atoms with Crippen molar-refractivity contribution in [3.05, 3.63) is 95.9 Å². The van der Waals surface area contributed by atoms with E-state index in [9.17, 15) is 14.0 Å². The Balaban J connectivity index is 1.54. The number of carbonyl (C=O) groups is 2. The fourth-order valence-electron chi connectivity index (χ4n) is 4.15. The molecule has 0 saturated carbocycles. The van der Waals surface area contributed by atoms with Crippen LogP contribution in [0.5, 0.6) is 0 Å². The van der Waals surface area contributed by atoms with Crippen LogP contribution in [0.4, 0.5) is 10.2 Å². The van der Waals surface area contributed by atoms with Gasteiger partial charge in [0.15, 0.2) is 0 Å². The van der Waals surface area contributed by atoms with Gasteiger partial charge in [0.25, 0.3) is 11.8 Å². The number of amides is 2. The quantitative estimate of drug-likeness (QED) is 0.323. The number of carbonyl (C=O) groups excluding carboxylic acids is 2. The third kappa shape index (κ3) is 4.24. The molecule has 2 N–H and O–H groups in total. The van der Waals surface area contributed by atoms with Crippen LogP contribution in [0.2, 0.25) is 0 Å². The number of anilines is 1. The van der Waals surface area contributed by atoms with E-state index in [2.05, 4.69) is 15.7 Å². The number of benzene rings is 3. The van der Waals surface area contributed by atoms with Gasteiger partial charge in [0.1, 0.15) is 23.0 Å². The summed E-state index contributed by atoms with van der Waals surface area (Å²) in [5, 5.41) is 10.3. The van der Waals surface area contributed by atoms with E-state index in [1.54, 1.807) is 54.3 Å². The number of furan rings is 1. The van der Waals surface area contributed by atoms with Crippen LogP contribution in [0.3, 0.4) is 0 Å². The molecule has 2 amide bonds. The normalized spacial score (nSPS) is 11.0. The topological polar surface area (TPSA) is 89.2 Å². The van der Waals surface area contributed by atoms with Gasteiger partial charge >= 0.3 is 0 Å². The Kier molecular flexibility index (Phi) is 6.08. The third-order valence-corrected chi connectivity index (χ3v) is 5.96. The van der Waals surface area contributed by atoms with E-state index in [1.165, 1.54) is 12.1 Å². The second-order valence-corrected chi connectivity index (χ2v) is 8.17. The number of rotatable bonds is 6. The standard InChI is InChI=1S/C28H23FN4O3/c1-3-33-24(13-14-31-33)32-27(34)20-6-4-5-18(15-20)19-9-12-23-22(16-19)25(28(35)30-2)26(36-23)17-7-10-21(29)11-8-17/h4-16H,3H2,1-2H3,(H,30,35)(H,32,34). The van der Waals surface area contributed by atoms with Crippen molar-refractivity contribution in [2.24, 2.45) is 0 Å². The lowest BCUT2D eigenvalue weighted by Crippen LogP contribution is -2.18. The number of halogens is 1. The van der Waals surface area contributed by atoms with Crippen LogP contribution < -0.4 is 10.6 Å². The number of hydrogen-bond acceptors (Lipinski definition) is 4. The summed E-state index contributed by atoms with van der Waals surface area (Å²) in [6.45, 7) is 2.59. The minimum Gasteiger partial charge on any atom is -0.455 e. The number of aromatic nitrogens is 2. The van der Waals surface area contributed by atoms with Crippen molar-refractivity contribution in [1.82, 2.24) is 15.1 Å². The number of nitrogens with one attached hydrogen (secondary N) is 2. The number of hydrogen-bond donors (Lipinski definition) is 2. The van der Waals surface area contributed by atoms with Crippen LogP contribution >= 0.6 is 0 Å². The van der Waals surface area contributed by atoms with Gasteiger partial charge in [-0.3, -0.25) is 9.59 Å². The fourth-order valence-corrected chi connectivity index (χ4v) is 4.15. The third-order valence-electron chi connectivity index (χ3n) is 5.96. The molecule has 5 rings (SSSR count). The van der Waals surface area contributed by atoms with E-state index in [0.29, 0.717) is 45.8 Å². The Bertz CT molecular complexity index is 1580. The summed E-state index contributed by atoms with van der Waals surface area (Å²) in [4.78, 5) is 25.7. The van der Waals surface area contributed by atoms with E-state index in [-0.39, 0.29) is 17.6 Å². The van der Waals surface area contributed by atoms with Gasteiger partial charge < -0.3 is 15.1 Å². The average Bonchev–Trinajstić information content (AvgIpc) is 3.52. The zero-order chi connectivity index (χ0) is 25.2. The van der Waals surface area contributed by atoms with Crippen molar-refractivity contribution in [3.63, 3.8) is 0 Å². The molecular weight excluding hydrogens is 459 g/mol. The first-order chi connectivity index (χ1) is 17.5. The zero-order valence-electron chi connectivity index (χ0n) is 19.7. The molecule has 0 aliphatic carbocycles. The van der Waals surface area contributed by atoms with Gasteiger partial charge in [-0.1, -0.05) is 18.2 Å². The predicted molar refractivity (Wildman–Crippen MR) is 136 cm³/mol. The molecule has 5 aromatic rings. The monoisotopic (exact) mass is 482 g/mol. The van der Waals surface area contributed by atoms with Crippen LogP contribution in [-0.4, -0.2) is 28.6 Å². The molecule has 2 heterocycles. The number of nitrogens with zero attached hydrogens (tertiary/aromatic N) is 2. The molecule has 180 valence electrons. The maximum atomic E-state index is 13.5. The summed E-state index contributed by atoms with van der Waals surface area (Å²) in [5.41, 5.74) is 3.59. The van der Waals surface area contributed by atoms with E-state index in [4.69, 9.17) is 4.42 Å². The maximum Gasteiger partial charge on any atom is 0.256 e. The molecule has 0 aliphatic rings. The summed E-state index contributed by atoms with van der Waals surface area (Å²) in [5.74, 6) is 0.0482. The molecule has 0 spiro atoms. The Hall–Kier alpha value is -4.72. The van der Waals surface area contributed by atoms with Gasteiger partial charge in [0.05, 0.1) is 11.8 Å². The van der Waals surface area contributed by atoms with E-state index < -0.39 is 0 Å². The summed E-state index contributed by atoms with van der Waals surface area (Å²) in [7, 11) is 1.55. The van der Waals surface area contributed by atoms with Gasteiger partial charge in [-0.05, 0) is 66.6 Å². The zero-order valence-corrected chi connectivity index (χ0v) is 19.7. The van der Waals surface area contributed by atoms with Crippen molar-refractivity contribution in [1.29, 1.82) is 0 Å². The molecule has 0 bridgehead atoms. The Labute approximate surface area is 206 Å². The van der Waals surface area contributed by atoms with Crippen molar-refractivity contribution in [3.8, 4) is 22.5 Å². The summed E-state index contributed by atoms with van der Waals surface area (Å²) in [6.07, 6.45) is 1.64. The van der Waals surface area contributed by atoms with Gasteiger partial charge in [-0.25, -0.2) is 9.07 Å². The molecule has 0 atom stereocenters. The van der Waals surface area contributed by atoms with Crippen molar-refractivity contribution in [2.45, 2.75) is 13.5 Å². The predicted octanol–water partition coefficient (Wildman–Crippen LogP) is 5.73. The second-order valence-electron chi connectivity index (χ2n) is 8.17. The molecule has 0 aliphatic heterocycles. The van der Waals surface area contributed by atoms with E-state index >= 15 is 0 Å². The lowest BCUT2D eigenvalue weighted by Gasteiger charge is -2.09. The molecule has 2 aromatic heterocycles.